The fraction of sp³-hybridized carbons (Fsp3) is 0.353. The van der Waals surface area contributed by atoms with E-state index in [-0.39, 0.29) is 11.3 Å². The van der Waals surface area contributed by atoms with Gasteiger partial charge in [0.05, 0.1) is 12.0 Å². The maximum absolute atomic E-state index is 12.6. The molecule has 0 spiro atoms. The van der Waals surface area contributed by atoms with Crippen molar-refractivity contribution in [2.45, 2.75) is 39.2 Å². The Morgan fingerprint density at radius 3 is 2.52 bits per heavy atom. The van der Waals surface area contributed by atoms with E-state index in [0.717, 1.165) is 5.69 Å². The van der Waals surface area contributed by atoms with Crippen LogP contribution in [-0.4, -0.2) is 35.2 Å². The highest BCUT2D eigenvalue weighted by Crippen LogP contribution is 2.25. The smallest absolute Gasteiger partial charge is 0.252 e. The molecule has 1 N–H and O–H groups in total. The predicted molar refractivity (Wildman–Crippen MR) is 93.4 cm³/mol. The molecule has 0 aliphatic heterocycles. The number of rotatable bonds is 4. The van der Waals surface area contributed by atoms with Crippen LogP contribution in [-0.2, 0) is 10.2 Å². The van der Waals surface area contributed by atoms with Gasteiger partial charge in [-0.05, 0) is 13.0 Å². The van der Waals surface area contributed by atoms with E-state index in [1.165, 1.54) is 0 Å². The van der Waals surface area contributed by atoms with Crippen LogP contribution in [0.3, 0.4) is 0 Å². The third-order valence-corrected chi connectivity index (χ3v) is 3.82. The van der Waals surface area contributed by atoms with E-state index in [1.54, 1.807) is 53.4 Å². The minimum absolute atomic E-state index is 0.171. The Kier molecular flexibility index (Phi) is 4.35. The molecule has 3 rings (SSSR count). The number of aromatic nitrogens is 6. The molecule has 3 aromatic heterocycles. The first-order valence-corrected chi connectivity index (χ1v) is 8.02. The van der Waals surface area contributed by atoms with Crippen molar-refractivity contribution in [1.29, 1.82) is 0 Å². The van der Waals surface area contributed by atoms with Crippen LogP contribution in [0.2, 0.25) is 0 Å². The Morgan fingerprint density at radius 1 is 1.20 bits per heavy atom. The van der Waals surface area contributed by atoms with Gasteiger partial charge in [-0.3, -0.25) is 4.79 Å². The fourth-order valence-corrected chi connectivity index (χ4v) is 2.25. The standard InChI is InChI=1S/C17H21N7O/c1-12(23-9-8-18-11-23)15(25)21-14-10-13(17(2,3)4)22-24(14)16-19-6-5-7-20-16/h5-12H,1-4H3,(H,21,25). The lowest BCUT2D eigenvalue weighted by molar-refractivity contribution is -0.118. The highest BCUT2D eigenvalue weighted by atomic mass is 16.2. The summed E-state index contributed by atoms with van der Waals surface area (Å²) in [6.45, 7) is 7.99. The summed E-state index contributed by atoms with van der Waals surface area (Å²) in [7, 11) is 0. The van der Waals surface area contributed by atoms with Crippen LogP contribution < -0.4 is 5.32 Å². The molecule has 3 heterocycles. The largest absolute Gasteiger partial charge is 0.325 e. The van der Waals surface area contributed by atoms with E-state index >= 15 is 0 Å². The monoisotopic (exact) mass is 339 g/mol. The van der Waals surface area contributed by atoms with Crippen LogP contribution in [0.15, 0.2) is 43.2 Å². The van der Waals surface area contributed by atoms with Crippen LogP contribution in [0.1, 0.15) is 39.4 Å². The number of amides is 1. The van der Waals surface area contributed by atoms with E-state index in [0.29, 0.717) is 11.8 Å². The molecule has 0 bridgehead atoms. The van der Waals surface area contributed by atoms with Crippen LogP contribution >= 0.6 is 0 Å². The third kappa shape index (κ3) is 3.57. The zero-order valence-electron chi connectivity index (χ0n) is 14.7. The minimum atomic E-state index is -0.402. The number of hydrogen-bond acceptors (Lipinski definition) is 5. The fourth-order valence-electron chi connectivity index (χ4n) is 2.25. The van der Waals surface area contributed by atoms with Crippen molar-refractivity contribution >= 4 is 11.7 Å². The maximum atomic E-state index is 12.6. The van der Waals surface area contributed by atoms with Gasteiger partial charge in [0.25, 0.3) is 5.95 Å². The van der Waals surface area contributed by atoms with E-state index in [4.69, 9.17) is 0 Å². The van der Waals surface area contributed by atoms with Crippen LogP contribution in [0, 0.1) is 0 Å². The Morgan fingerprint density at radius 2 is 1.92 bits per heavy atom. The Bertz CT molecular complexity index is 847. The van der Waals surface area contributed by atoms with Crippen molar-refractivity contribution < 1.29 is 4.79 Å². The van der Waals surface area contributed by atoms with Crippen molar-refractivity contribution in [3.05, 3.63) is 48.9 Å². The predicted octanol–water partition coefficient (Wildman–Crippen LogP) is 2.36. The summed E-state index contributed by atoms with van der Waals surface area (Å²) < 4.78 is 3.29. The van der Waals surface area contributed by atoms with Gasteiger partial charge in [0, 0.05) is 36.3 Å². The van der Waals surface area contributed by atoms with Gasteiger partial charge < -0.3 is 9.88 Å². The molecule has 1 amide bonds. The summed E-state index contributed by atoms with van der Waals surface area (Å²) >= 11 is 0. The number of anilines is 1. The average Bonchev–Trinajstić information content (AvgIpc) is 3.24. The van der Waals surface area contributed by atoms with E-state index in [1.807, 2.05) is 6.07 Å². The maximum Gasteiger partial charge on any atom is 0.252 e. The molecule has 0 saturated carbocycles. The first-order valence-electron chi connectivity index (χ1n) is 8.02. The van der Waals surface area contributed by atoms with Gasteiger partial charge in [0.15, 0.2) is 0 Å². The van der Waals surface area contributed by atoms with Gasteiger partial charge in [0.2, 0.25) is 5.91 Å². The zero-order valence-corrected chi connectivity index (χ0v) is 14.7. The molecule has 1 atom stereocenters. The van der Waals surface area contributed by atoms with E-state index < -0.39 is 6.04 Å². The molecule has 0 fully saturated rings. The topological polar surface area (TPSA) is 90.5 Å². The average molecular weight is 339 g/mol. The van der Waals surface area contributed by atoms with E-state index in [2.05, 4.69) is 46.1 Å². The van der Waals surface area contributed by atoms with Crippen molar-refractivity contribution in [3.8, 4) is 5.95 Å². The summed E-state index contributed by atoms with van der Waals surface area (Å²) in [5.41, 5.74) is 0.667. The molecule has 0 aromatic carbocycles. The lowest BCUT2D eigenvalue weighted by atomic mass is 9.92. The zero-order chi connectivity index (χ0) is 18.0. The molecular formula is C17H21N7O. The molecule has 3 aromatic rings. The van der Waals surface area contributed by atoms with Crippen molar-refractivity contribution in [1.82, 2.24) is 29.3 Å². The van der Waals surface area contributed by atoms with E-state index in [9.17, 15) is 4.79 Å². The summed E-state index contributed by atoms with van der Waals surface area (Å²) in [5, 5.41) is 7.51. The lowest BCUT2D eigenvalue weighted by Gasteiger charge is -2.14. The van der Waals surface area contributed by atoms with Crippen molar-refractivity contribution in [2.24, 2.45) is 0 Å². The molecule has 0 saturated heterocycles. The molecule has 8 heteroatoms. The Balaban J connectivity index is 1.94. The number of carbonyl (C=O) groups is 1. The van der Waals surface area contributed by atoms with Crippen LogP contribution in [0.25, 0.3) is 5.95 Å². The Labute approximate surface area is 145 Å². The molecule has 0 aliphatic rings. The number of hydrogen-bond donors (Lipinski definition) is 1. The highest BCUT2D eigenvalue weighted by Gasteiger charge is 2.23. The van der Waals surface area contributed by atoms with Crippen LogP contribution in [0.5, 0.6) is 0 Å². The molecule has 130 valence electrons. The summed E-state index contributed by atoms with van der Waals surface area (Å²) in [6, 6.07) is 3.19. The number of imidazole rings is 1. The van der Waals surface area contributed by atoms with Gasteiger partial charge in [-0.25, -0.2) is 15.0 Å². The van der Waals surface area contributed by atoms with Crippen LogP contribution in [0.4, 0.5) is 5.82 Å². The number of carbonyl (C=O) groups excluding carboxylic acids is 1. The summed E-state index contributed by atoms with van der Waals surface area (Å²) in [4.78, 5) is 25.1. The van der Waals surface area contributed by atoms with Gasteiger partial charge in [0.1, 0.15) is 11.9 Å². The van der Waals surface area contributed by atoms with Gasteiger partial charge >= 0.3 is 0 Å². The molecule has 1 unspecified atom stereocenters. The Hall–Kier alpha value is -3.03. The second kappa shape index (κ2) is 6.46. The first kappa shape index (κ1) is 16.8. The third-order valence-electron chi connectivity index (χ3n) is 3.82. The second-order valence-corrected chi connectivity index (χ2v) is 6.80. The highest BCUT2D eigenvalue weighted by molar-refractivity contribution is 5.93. The molecular weight excluding hydrogens is 318 g/mol. The summed E-state index contributed by atoms with van der Waals surface area (Å²) in [6.07, 6.45) is 8.29. The second-order valence-electron chi connectivity index (χ2n) is 6.80. The van der Waals surface area contributed by atoms with Crippen molar-refractivity contribution in [2.75, 3.05) is 5.32 Å². The molecule has 25 heavy (non-hydrogen) atoms. The van der Waals surface area contributed by atoms with Gasteiger partial charge in [-0.15, -0.1) is 0 Å². The molecule has 0 aliphatic carbocycles. The van der Waals surface area contributed by atoms with Gasteiger partial charge in [-0.1, -0.05) is 20.8 Å². The normalized spacial score (nSPS) is 12.8. The quantitative estimate of drug-likeness (QED) is 0.788. The minimum Gasteiger partial charge on any atom is -0.325 e. The molecule has 8 nitrogen and oxygen atoms in total. The lowest BCUT2D eigenvalue weighted by Crippen LogP contribution is -2.24. The van der Waals surface area contributed by atoms with Gasteiger partial charge in [-0.2, -0.15) is 9.78 Å². The molecule has 0 radical (unpaired) electrons. The number of nitrogens with zero attached hydrogens (tertiary/aromatic N) is 6. The summed E-state index contributed by atoms with van der Waals surface area (Å²) in [5.74, 6) is 0.771. The number of nitrogens with one attached hydrogen (secondary N) is 1. The first-order chi connectivity index (χ1) is 11.9. The van der Waals surface area contributed by atoms with Crippen molar-refractivity contribution in [3.63, 3.8) is 0 Å². The SMILES string of the molecule is CC(C(=O)Nc1cc(C(C)(C)C)nn1-c1ncccn1)n1ccnc1.